The van der Waals surface area contributed by atoms with Gasteiger partial charge in [0, 0.05) is 23.7 Å². The predicted molar refractivity (Wildman–Crippen MR) is 71.0 cm³/mol. The van der Waals surface area contributed by atoms with E-state index in [0.717, 1.165) is 34.1 Å². The molecule has 0 saturated carbocycles. The minimum atomic E-state index is 0.507. The summed E-state index contributed by atoms with van der Waals surface area (Å²) in [6.45, 7) is 5.39. The van der Waals surface area contributed by atoms with Crippen molar-refractivity contribution in [2.45, 2.75) is 26.9 Å². The molecule has 0 amide bonds. The molecule has 0 fully saturated rings. The topological polar surface area (TPSA) is 43.8 Å². The van der Waals surface area contributed by atoms with E-state index < -0.39 is 0 Å². The molecule has 0 aliphatic rings. The van der Waals surface area contributed by atoms with Crippen molar-refractivity contribution in [1.82, 2.24) is 9.78 Å². The molecule has 2 aromatic rings. The van der Waals surface area contributed by atoms with Gasteiger partial charge in [0.1, 0.15) is 0 Å². The average Bonchev–Trinajstić information content (AvgIpc) is 2.75. The van der Waals surface area contributed by atoms with Gasteiger partial charge in [-0.2, -0.15) is 5.10 Å². The highest BCUT2D eigenvalue weighted by Gasteiger charge is 2.08. The van der Waals surface area contributed by atoms with E-state index in [4.69, 9.17) is 17.3 Å². The van der Waals surface area contributed by atoms with Crippen LogP contribution in [0.3, 0.4) is 0 Å². The van der Waals surface area contributed by atoms with Crippen LogP contribution in [0.25, 0.3) is 11.3 Å². The Balaban J connectivity index is 2.45. The van der Waals surface area contributed by atoms with Gasteiger partial charge in [-0.25, -0.2) is 0 Å². The van der Waals surface area contributed by atoms with Crippen molar-refractivity contribution in [3.05, 3.63) is 40.5 Å². The second kappa shape index (κ2) is 4.90. The van der Waals surface area contributed by atoms with Crippen LogP contribution >= 0.6 is 11.6 Å². The highest BCUT2D eigenvalue weighted by molar-refractivity contribution is 6.31. The summed E-state index contributed by atoms with van der Waals surface area (Å²) >= 11 is 6.01. The number of rotatable bonds is 3. The van der Waals surface area contributed by atoms with Gasteiger partial charge in [-0.15, -0.1) is 0 Å². The first-order valence-corrected chi connectivity index (χ1v) is 6.06. The van der Waals surface area contributed by atoms with E-state index in [1.165, 1.54) is 0 Å². The number of hydrogen-bond acceptors (Lipinski definition) is 2. The first-order valence-electron chi connectivity index (χ1n) is 5.69. The lowest BCUT2D eigenvalue weighted by Crippen LogP contribution is -2.06. The molecule has 1 heterocycles. The third-order valence-corrected chi connectivity index (χ3v) is 3.25. The zero-order valence-corrected chi connectivity index (χ0v) is 10.8. The quantitative estimate of drug-likeness (QED) is 0.909. The van der Waals surface area contributed by atoms with Crippen LogP contribution < -0.4 is 5.73 Å². The number of halogens is 1. The van der Waals surface area contributed by atoms with Gasteiger partial charge in [0.05, 0.1) is 11.4 Å². The van der Waals surface area contributed by atoms with Crippen LogP contribution in [0.1, 0.15) is 18.2 Å². The van der Waals surface area contributed by atoms with Gasteiger partial charge in [-0.1, -0.05) is 17.7 Å². The third kappa shape index (κ3) is 2.35. The van der Waals surface area contributed by atoms with Gasteiger partial charge >= 0.3 is 0 Å². The van der Waals surface area contributed by atoms with Gasteiger partial charge in [0.2, 0.25) is 0 Å². The van der Waals surface area contributed by atoms with Crippen molar-refractivity contribution in [3.8, 4) is 11.3 Å². The summed E-state index contributed by atoms with van der Waals surface area (Å²) in [5.41, 5.74) is 9.83. The Morgan fingerprint density at radius 3 is 2.65 bits per heavy atom. The van der Waals surface area contributed by atoms with E-state index in [0.29, 0.717) is 6.54 Å². The summed E-state index contributed by atoms with van der Waals surface area (Å²) in [6.07, 6.45) is 0. The van der Waals surface area contributed by atoms with Crippen LogP contribution in [0.5, 0.6) is 0 Å². The molecule has 90 valence electrons. The maximum atomic E-state index is 6.01. The molecule has 2 N–H and O–H groups in total. The fourth-order valence-electron chi connectivity index (χ4n) is 1.84. The van der Waals surface area contributed by atoms with Gasteiger partial charge in [0.25, 0.3) is 0 Å². The molecule has 0 unspecified atom stereocenters. The fraction of sp³-hybridized carbons (Fsp3) is 0.308. The lowest BCUT2D eigenvalue weighted by Gasteiger charge is -2.01. The highest BCUT2D eigenvalue weighted by Crippen LogP contribution is 2.24. The van der Waals surface area contributed by atoms with E-state index in [9.17, 15) is 0 Å². The maximum absolute atomic E-state index is 6.01. The van der Waals surface area contributed by atoms with Gasteiger partial charge in [-0.05, 0) is 37.6 Å². The van der Waals surface area contributed by atoms with Crippen molar-refractivity contribution >= 4 is 11.6 Å². The molecular formula is C13H16ClN3. The van der Waals surface area contributed by atoms with E-state index in [-0.39, 0.29) is 0 Å². The molecule has 4 heteroatoms. The number of nitrogens with two attached hydrogens (primary N) is 1. The lowest BCUT2D eigenvalue weighted by atomic mass is 10.1. The number of benzene rings is 1. The molecule has 0 radical (unpaired) electrons. The van der Waals surface area contributed by atoms with Crippen molar-refractivity contribution in [2.24, 2.45) is 5.73 Å². The minimum Gasteiger partial charge on any atom is -0.325 e. The smallest absolute Gasteiger partial charge is 0.0926 e. The summed E-state index contributed by atoms with van der Waals surface area (Å²) in [5, 5.41) is 5.31. The monoisotopic (exact) mass is 249 g/mol. The second-order valence-electron chi connectivity index (χ2n) is 4.00. The summed E-state index contributed by atoms with van der Waals surface area (Å²) < 4.78 is 1.93. The molecule has 1 aromatic heterocycles. The molecule has 0 atom stereocenters. The molecule has 0 aliphatic heterocycles. The third-order valence-electron chi connectivity index (χ3n) is 2.83. The average molecular weight is 250 g/mol. The molecule has 2 rings (SSSR count). The van der Waals surface area contributed by atoms with E-state index in [2.05, 4.69) is 12.0 Å². The first-order chi connectivity index (χ1) is 8.15. The molecule has 1 aromatic carbocycles. The zero-order valence-electron chi connectivity index (χ0n) is 10.1. The summed E-state index contributed by atoms with van der Waals surface area (Å²) in [6, 6.07) is 7.97. The second-order valence-corrected chi connectivity index (χ2v) is 4.41. The molecule has 17 heavy (non-hydrogen) atoms. The molecular weight excluding hydrogens is 234 g/mol. The first kappa shape index (κ1) is 12.1. The van der Waals surface area contributed by atoms with Crippen LogP contribution in [0.2, 0.25) is 5.02 Å². The Hall–Kier alpha value is -1.32. The predicted octanol–water partition coefficient (Wildman–Crippen LogP) is 2.99. The number of aromatic nitrogens is 2. The Morgan fingerprint density at radius 1 is 1.35 bits per heavy atom. The van der Waals surface area contributed by atoms with Crippen molar-refractivity contribution < 1.29 is 0 Å². The zero-order chi connectivity index (χ0) is 12.4. The van der Waals surface area contributed by atoms with Gasteiger partial charge < -0.3 is 5.73 Å². The standard InChI is InChI=1S/C13H16ClN3/c1-3-17-11(8-15)7-13(16-17)10-4-5-12(14)9(2)6-10/h4-7H,3,8,15H2,1-2H3. The van der Waals surface area contributed by atoms with Gasteiger partial charge in [0.15, 0.2) is 0 Å². The molecule has 0 saturated heterocycles. The number of nitrogens with zero attached hydrogens (tertiary/aromatic N) is 2. The van der Waals surface area contributed by atoms with E-state index >= 15 is 0 Å². The van der Waals surface area contributed by atoms with Crippen LogP contribution in [0.15, 0.2) is 24.3 Å². The summed E-state index contributed by atoms with van der Waals surface area (Å²) in [7, 11) is 0. The van der Waals surface area contributed by atoms with E-state index in [1.54, 1.807) is 0 Å². The number of hydrogen-bond donors (Lipinski definition) is 1. The van der Waals surface area contributed by atoms with Crippen LogP contribution in [-0.4, -0.2) is 9.78 Å². The maximum Gasteiger partial charge on any atom is 0.0926 e. The van der Waals surface area contributed by atoms with Crippen molar-refractivity contribution in [1.29, 1.82) is 0 Å². The Kier molecular flexibility index (Phi) is 3.50. The Bertz CT molecular complexity index is 510. The molecule has 0 bridgehead atoms. The van der Waals surface area contributed by atoms with Crippen LogP contribution in [0, 0.1) is 6.92 Å². The molecule has 0 aliphatic carbocycles. The molecule has 0 spiro atoms. The summed E-state index contributed by atoms with van der Waals surface area (Å²) in [4.78, 5) is 0. The van der Waals surface area contributed by atoms with Crippen molar-refractivity contribution in [2.75, 3.05) is 0 Å². The largest absolute Gasteiger partial charge is 0.325 e. The normalized spacial score (nSPS) is 10.8. The Morgan fingerprint density at radius 2 is 2.12 bits per heavy atom. The SMILES string of the molecule is CCn1nc(-c2ccc(Cl)c(C)c2)cc1CN. The van der Waals surface area contributed by atoms with Crippen molar-refractivity contribution in [3.63, 3.8) is 0 Å². The van der Waals surface area contributed by atoms with E-state index in [1.807, 2.05) is 35.9 Å². The lowest BCUT2D eigenvalue weighted by molar-refractivity contribution is 0.624. The summed E-state index contributed by atoms with van der Waals surface area (Å²) in [5.74, 6) is 0. The van der Waals surface area contributed by atoms with Crippen LogP contribution in [0.4, 0.5) is 0 Å². The van der Waals surface area contributed by atoms with Gasteiger partial charge in [-0.3, -0.25) is 4.68 Å². The fourth-order valence-corrected chi connectivity index (χ4v) is 1.96. The minimum absolute atomic E-state index is 0.507. The Labute approximate surface area is 106 Å². The van der Waals surface area contributed by atoms with Crippen LogP contribution in [-0.2, 0) is 13.1 Å². The highest BCUT2D eigenvalue weighted by atomic mass is 35.5. The number of aryl methyl sites for hydroxylation is 2. The molecule has 3 nitrogen and oxygen atoms in total.